The Kier molecular flexibility index (Phi) is 5.17. The summed E-state index contributed by atoms with van der Waals surface area (Å²) in [5.74, 6) is -0.412. The molecule has 0 heterocycles. The van der Waals surface area contributed by atoms with E-state index in [-0.39, 0.29) is 18.4 Å². The van der Waals surface area contributed by atoms with Gasteiger partial charge in [0.15, 0.2) is 0 Å². The van der Waals surface area contributed by atoms with Gasteiger partial charge in [-0.2, -0.15) is 0 Å². The molecule has 0 aliphatic rings. The highest BCUT2D eigenvalue weighted by Crippen LogP contribution is 2.19. The van der Waals surface area contributed by atoms with Gasteiger partial charge in [-0.05, 0) is 25.1 Å². The average molecular weight is 250 g/mol. The van der Waals surface area contributed by atoms with Gasteiger partial charge in [-0.1, -0.05) is 6.07 Å². The van der Waals surface area contributed by atoms with Crippen LogP contribution in [-0.4, -0.2) is 32.1 Å². The second-order valence-electron chi connectivity index (χ2n) is 3.82. The first-order chi connectivity index (χ1) is 8.56. The average Bonchev–Trinajstić information content (AvgIpc) is 2.35. The van der Waals surface area contributed by atoms with Gasteiger partial charge < -0.3 is 15.0 Å². The predicted molar refractivity (Wildman–Crippen MR) is 70.6 cm³/mol. The fraction of sp³-hybridized carbons (Fsp3) is 0.385. The number of nitrogens with zero attached hydrogens (tertiary/aromatic N) is 1. The van der Waals surface area contributed by atoms with E-state index in [0.717, 1.165) is 5.69 Å². The number of esters is 1. The van der Waals surface area contributed by atoms with Crippen LogP contribution >= 0.6 is 0 Å². The fourth-order valence-corrected chi connectivity index (χ4v) is 1.59. The highest BCUT2D eigenvalue weighted by molar-refractivity contribution is 5.89. The molecule has 0 radical (unpaired) electrons. The lowest BCUT2D eigenvalue weighted by molar-refractivity contribution is -0.139. The minimum atomic E-state index is -0.290. The zero-order valence-corrected chi connectivity index (χ0v) is 10.9. The third kappa shape index (κ3) is 4.08. The standard InChI is InChI=1S/C13H18N2O3/c1-4-15(9-13(17)18-3)12-7-5-6-11(8-12)14-10(2)16/h5-8H,4,9H2,1-3H3,(H,14,16). The van der Waals surface area contributed by atoms with E-state index in [1.807, 2.05) is 30.0 Å². The Hall–Kier alpha value is -2.04. The number of methoxy groups -OCH3 is 1. The predicted octanol–water partition coefficient (Wildman–Crippen LogP) is 1.64. The lowest BCUT2D eigenvalue weighted by Crippen LogP contribution is -2.30. The number of carbonyl (C=O) groups is 2. The summed E-state index contributed by atoms with van der Waals surface area (Å²) in [5, 5.41) is 2.71. The summed E-state index contributed by atoms with van der Waals surface area (Å²) in [4.78, 5) is 24.1. The van der Waals surface area contributed by atoms with E-state index < -0.39 is 0 Å². The van der Waals surface area contributed by atoms with Crippen LogP contribution in [0.15, 0.2) is 24.3 Å². The van der Waals surface area contributed by atoms with Crippen molar-refractivity contribution in [1.82, 2.24) is 0 Å². The van der Waals surface area contributed by atoms with Crippen LogP contribution in [0.2, 0.25) is 0 Å². The summed E-state index contributed by atoms with van der Waals surface area (Å²) in [6.45, 7) is 4.28. The summed E-state index contributed by atoms with van der Waals surface area (Å²) in [6.07, 6.45) is 0. The fourth-order valence-electron chi connectivity index (χ4n) is 1.59. The largest absolute Gasteiger partial charge is 0.468 e. The molecule has 0 aliphatic heterocycles. The van der Waals surface area contributed by atoms with E-state index in [1.54, 1.807) is 6.07 Å². The van der Waals surface area contributed by atoms with E-state index in [1.165, 1.54) is 14.0 Å². The molecular weight excluding hydrogens is 232 g/mol. The van der Waals surface area contributed by atoms with Crippen molar-refractivity contribution in [3.05, 3.63) is 24.3 Å². The summed E-state index contributed by atoms with van der Waals surface area (Å²) in [6, 6.07) is 7.35. The van der Waals surface area contributed by atoms with Gasteiger partial charge in [0.05, 0.1) is 7.11 Å². The van der Waals surface area contributed by atoms with Gasteiger partial charge in [-0.25, -0.2) is 0 Å². The van der Waals surface area contributed by atoms with Gasteiger partial charge in [0.1, 0.15) is 6.54 Å². The molecule has 0 spiro atoms. The van der Waals surface area contributed by atoms with Crippen LogP contribution in [0.1, 0.15) is 13.8 Å². The number of hydrogen-bond acceptors (Lipinski definition) is 4. The van der Waals surface area contributed by atoms with Crippen molar-refractivity contribution in [2.45, 2.75) is 13.8 Å². The van der Waals surface area contributed by atoms with Crippen molar-refractivity contribution in [1.29, 1.82) is 0 Å². The third-order valence-corrected chi connectivity index (χ3v) is 2.46. The molecule has 0 aliphatic carbocycles. The number of nitrogens with one attached hydrogen (secondary N) is 1. The number of anilines is 2. The van der Waals surface area contributed by atoms with Crippen LogP contribution in [0.3, 0.4) is 0 Å². The Balaban J connectivity index is 2.85. The van der Waals surface area contributed by atoms with Gasteiger partial charge in [-0.3, -0.25) is 9.59 Å². The molecule has 5 nitrogen and oxygen atoms in total. The smallest absolute Gasteiger partial charge is 0.325 e. The van der Waals surface area contributed by atoms with Gasteiger partial charge in [-0.15, -0.1) is 0 Å². The van der Waals surface area contributed by atoms with Crippen LogP contribution in [0.4, 0.5) is 11.4 Å². The zero-order valence-electron chi connectivity index (χ0n) is 10.9. The van der Waals surface area contributed by atoms with E-state index in [9.17, 15) is 9.59 Å². The maximum Gasteiger partial charge on any atom is 0.325 e. The first kappa shape index (κ1) is 14.0. The molecule has 0 saturated heterocycles. The van der Waals surface area contributed by atoms with E-state index >= 15 is 0 Å². The van der Waals surface area contributed by atoms with E-state index in [4.69, 9.17) is 0 Å². The van der Waals surface area contributed by atoms with Crippen molar-refractivity contribution in [2.75, 3.05) is 30.4 Å². The first-order valence-corrected chi connectivity index (χ1v) is 5.76. The Morgan fingerprint density at radius 3 is 2.67 bits per heavy atom. The topological polar surface area (TPSA) is 58.6 Å². The van der Waals surface area contributed by atoms with Crippen molar-refractivity contribution in [3.8, 4) is 0 Å². The van der Waals surface area contributed by atoms with Gasteiger partial charge in [0, 0.05) is 24.8 Å². The van der Waals surface area contributed by atoms with Crippen LogP contribution in [0, 0.1) is 0 Å². The van der Waals surface area contributed by atoms with Crippen LogP contribution in [-0.2, 0) is 14.3 Å². The Bertz CT molecular complexity index is 432. The lowest BCUT2D eigenvalue weighted by Gasteiger charge is -2.22. The summed E-state index contributed by atoms with van der Waals surface area (Å²) < 4.78 is 4.65. The molecular formula is C13H18N2O3. The highest BCUT2D eigenvalue weighted by Gasteiger charge is 2.10. The Morgan fingerprint density at radius 2 is 2.11 bits per heavy atom. The van der Waals surface area contributed by atoms with Gasteiger partial charge in [0.25, 0.3) is 0 Å². The van der Waals surface area contributed by atoms with Gasteiger partial charge >= 0.3 is 5.97 Å². The van der Waals surface area contributed by atoms with Gasteiger partial charge in [0.2, 0.25) is 5.91 Å². The molecule has 0 fully saturated rings. The van der Waals surface area contributed by atoms with Crippen molar-refractivity contribution in [2.24, 2.45) is 0 Å². The number of ether oxygens (including phenoxy) is 1. The van der Waals surface area contributed by atoms with Crippen molar-refractivity contribution in [3.63, 3.8) is 0 Å². The molecule has 1 aromatic carbocycles. The third-order valence-electron chi connectivity index (χ3n) is 2.46. The minimum absolute atomic E-state index is 0.122. The first-order valence-electron chi connectivity index (χ1n) is 5.76. The van der Waals surface area contributed by atoms with Crippen LogP contribution in [0.5, 0.6) is 0 Å². The van der Waals surface area contributed by atoms with Crippen LogP contribution in [0.25, 0.3) is 0 Å². The van der Waals surface area contributed by atoms with Crippen LogP contribution < -0.4 is 10.2 Å². The second-order valence-corrected chi connectivity index (χ2v) is 3.82. The minimum Gasteiger partial charge on any atom is -0.468 e. The molecule has 98 valence electrons. The Morgan fingerprint density at radius 1 is 1.39 bits per heavy atom. The van der Waals surface area contributed by atoms with E-state index in [0.29, 0.717) is 12.2 Å². The maximum atomic E-state index is 11.3. The van der Waals surface area contributed by atoms with Crippen molar-refractivity contribution < 1.29 is 14.3 Å². The molecule has 1 amide bonds. The van der Waals surface area contributed by atoms with Crippen molar-refractivity contribution >= 4 is 23.3 Å². The number of benzene rings is 1. The zero-order chi connectivity index (χ0) is 13.5. The van der Waals surface area contributed by atoms with E-state index in [2.05, 4.69) is 10.1 Å². The number of carbonyl (C=O) groups excluding carboxylic acids is 2. The molecule has 1 aromatic rings. The molecule has 0 bridgehead atoms. The lowest BCUT2D eigenvalue weighted by atomic mass is 10.2. The number of hydrogen-bond donors (Lipinski definition) is 1. The maximum absolute atomic E-state index is 11.3. The molecule has 5 heteroatoms. The SMILES string of the molecule is CCN(CC(=O)OC)c1cccc(NC(C)=O)c1. The summed E-state index contributed by atoms with van der Waals surface area (Å²) in [7, 11) is 1.36. The molecule has 0 saturated carbocycles. The highest BCUT2D eigenvalue weighted by atomic mass is 16.5. The molecule has 0 unspecified atom stereocenters. The summed E-state index contributed by atoms with van der Waals surface area (Å²) >= 11 is 0. The number of likely N-dealkylation sites (N-methyl/N-ethyl adjacent to an activating group) is 1. The Labute approximate surface area is 107 Å². The second kappa shape index (κ2) is 6.64. The molecule has 18 heavy (non-hydrogen) atoms. The summed E-state index contributed by atoms with van der Waals surface area (Å²) in [5.41, 5.74) is 1.58. The molecule has 0 atom stereocenters. The monoisotopic (exact) mass is 250 g/mol. The molecule has 1 rings (SSSR count). The molecule has 1 N–H and O–H groups in total. The normalized spacial score (nSPS) is 9.72. The molecule has 0 aromatic heterocycles. The quantitative estimate of drug-likeness (QED) is 0.807. The number of amides is 1. The number of rotatable bonds is 5.